The second kappa shape index (κ2) is 5.79. The number of hydrogen-bond acceptors (Lipinski definition) is 5. The summed E-state index contributed by atoms with van der Waals surface area (Å²) < 4.78 is 2.01. The summed E-state index contributed by atoms with van der Waals surface area (Å²) in [5, 5.41) is 2.59. The molecule has 114 valence electrons. The van der Waals surface area contributed by atoms with Crippen LogP contribution in [0.5, 0.6) is 0 Å². The Morgan fingerprint density at radius 2 is 1.91 bits per heavy atom. The highest BCUT2D eigenvalue weighted by atomic mass is 32.2. The highest BCUT2D eigenvalue weighted by molar-refractivity contribution is 8.03. The normalized spacial score (nSPS) is 17.3. The number of carbonyl (C=O) groups excluding carboxylic acids is 1. The first-order chi connectivity index (χ1) is 11.2. The van der Waals surface area contributed by atoms with Gasteiger partial charge in [0.2, 0.25) is 5.91 Å². The summed E-state index contributed by atoms with van der Waals surface area (Å²) in [5.41, 5.74) is 3.30. The molecule has 1 unspecified atom stereocenters. The van der Waals surface area contributed by atoms with Crippen LogP contribution in [0.25, 0.3) is 10.2 Å². The average molecular weight is 339 g/mol. The minimum atomic E-state index is -0.372. The molecule has 1 atom stereocenters. The summed E-state index contributed by atoms with van der Waals surface area (Å²) in [6.07, 6.45) is 0. The number of fused-ring (bicyclic) bond motifs is 2. The minimum Gasteiger partial charge on any atom is -0.323 e. The lowest BCUT2D eigenvalue weighted by Crippen LogP contribution is -2.29. The summed E-state index contributed by atoms with van der Waals surface area (Å²) in [6, 6.07) is 15.6. The van der Waals surface area contributed by atoms with E-state index in [0.29, 0.717) is 0 Å². The molecule has 1 N–H and O–H groups in total. The maximum atomic E-state index is 12.6. The highest BCUT2D eigenvalue weighted by Gasteiger charge is 2.27. The first-order valence-corrected chi connectivity index (χ1v) is 8.87. The number of aromatic nitrogens is 1. The lowest BCUT2D eigenvalue weighted by atomic mass is 10.3. The Labute approximate surface area is 141 Å². The monoisotopic (exact) mass is 339 g/mol. The molecule has 0 aliphatic carbocycles. The van der Waals surface area contributed by atoms with Gasteiger partial charge in [-0.15, -0.1) is 11.3 Å². The summed E-state index contributed by atoms with van der Waals surface area (Å²) >= 11 is 3.06. The van der Waals surface area contributed by atoms with E-state index < -0.39 is 0 Å². The largest absolute Gasteiger partial charge is 0.323 e. The number of thiazole rings is 1. The molecule has 0 fully saturated rings. The van der Waals surface area contributed by atoms with E-state index in [1.54, 1.807) is 11.3 Å². The molecule has 1 aromatic heterocycles. The van der Waals surface area contributed by atoms with Crippen molar-refractivity contribution in [1.82, 2.24) is 4.98 Å². The van der Waals surface area contributed by atoms with Crippen molar-refractivity contribution in [2.24, 2.45) is 4.99 Å². The zero-order valence-electron chi connectivity index (χ0n) is 12.3. The number of nitrogens with zero attached hydrogens (tertiary/aromatic N) is 2. The summed E-state index contributed by atoms with van der Waals surface area (Å²) in [4.78, 5) is 21.8. The Morgan fingerprint density at radius 1 is 1.13 bits per heavy atom. The first kappa shape index (κ1) is 14.4. The molecule has 3 aromatic rings. The van der Waals surface area contributed by atoms with Crippen molar-refractivity contribution in [3.63, 3.8) is 0 Å². The van der Waals surface area contributed by atoms with Crippen molar-refractivity contribution in [2.45, 2.75) is 16.5 Å². The fourth-order valence-electron chi connectivity index (χ4n) is 2.45. The van der Waals surface area contributed by atoms with Gasteiger partial charge in [-0.05, 0) is 31.2 Å². The smallest absolute Gasteiger partial charge is 0.243 e. The van der Waals surface area contributed by atoms with Crippen LogP contribution in [0.2, 0.25) is 0 Å². The van der Waals surface area contributed by atoms with Crippen LogP contribution in [-0.4, -0.2) is 21.9 Å². The van der Waals surface area contributed by atoms with Gasteiger partial charge in [0.15, 0.2) is 4.34 Å². The molecular weight excluding hydrogens is 326 g/mol. The predicted octanol–water partition coefficient (Wildman–Crippen LogP) is 4.50. The quantitative estimate of drug-likeness (QED) is 0.748. The van der Waals surface area contributed by atoms with Gasteiger partial charge < -0.3 is 5.32 Å². The molecule has 0 saturated heterocycles. The van der Waals surface area contributed by atoms with E-state index in [-0.39, 0.29) is 11.2 Å². The van der Waals surface area contributed by atoms with Crippen LogP contribution in [-0.2, 0) is 4.79 Å². The molecule has 0 radical (unpaired) electrons. The van der Waals surface area contributed by atoms with Crippen LogP contribution in [0.4, 0.5) is 11.4 Å². The number of rotatable bonds is 2. The van der Waals surface area contributed by atoms with Crippen LogP contribution in [0, 0.1) is 0 Å². The zero-order valence-corrected chi connectivity index (χ0v) is 13.9. The summed E-state index contributed by atoms with van der Waals surface area (Å²) in [5.74, 6) is -0.0551. The van der Waals surface area contributed by atoms with Gasteiger partial charge in [-0.2, -0.15) is 0 Å². The van der Waals surface area contributed by atoms with Gasteiger partial charge in [0.25, 0.3) is 0 Å². The van der Waals surface area contributed by atoms with E-state index in [0.717, 1.165) is 31.6 Å². The number of amides is 1. The van der Waals surface area contributed by atoms with E-state index in [1.807, 2.05) is 55.5 Å². The lowest BCUT2D eigenvalue weighted by Gasteiger charge is -2.11. The number of benzene rings is 2. The Kier molecular flexibility index (Phi) is 3.63. The van der Waals surface area contributed by atoms with Gasteiger partial charge in [0.1, 0.15) is 5.25 Å². The average Bonchev–Trinajstić information content (AvgIpc) is 2.91. The van der Waals surface area contributed by atoms with E-state index in [2.05, 4.69) is 15.3 Å². The number of nitrogens with one attached hydrogen (secondary N) is 1. The number of para-hydroxylation sites is 3. The topological polar surface area (TPSA) is 54.4 Å². The van der Waals surface area contributed by atoms with Crippen LogP contribution in [0.15, 0.2) is 57.9 Å². The standard InChI is InChI=1S/C17H13N3OS2/c1-10-15(16(21)19-12-7-3-2-6-11(12)18-10)23-17-20-13-8-4-5-9-14(13)22-17/h2-9,15H,1H3,(H,19,21). The summed E-state index contributed by atoms with van der Waals surface area (Å²) in [7, 11) is 0. The zero-order chi connectivity index (χ0) is 15.8. The van der Waals surface area contributed by atoms with Crippen molar-refractivity contribution in [2.75, 3.05) is 5.32 Å². The van der Waals surface area contributed by atoms with Crippen LogP contribution < -0.4 is 5.32 Å². The van der Waals surface area contributed by atoms with E-state index in [1.165, 1.54) is 11.8 Å². The van der Waals surface area contributed by atoms with Crippen molar-refractivity contribution in [3.8, 4) is 0 Å². The van der Waals surface area contributed by atoms with Crippen molar-refractivity contribution < 1.29 is 4.79 Å². The molecular formula is C17H13N3OS2. The SMILES string of the molecule is CC1=Nc2ccccc2NC(=O)C1Sc1nc2ccccc2s1. The van der Waals surface area contributed by atoms with Crippen molar-refractivity contribution >= 4 is 56.3 Å². The Bertz CT molecular complexity index is 899. The lowest BCUT2D eigenvalue weighted by molar-refractivity contribution is -0.114. The number of hydrogen-bond donors (Lipinski definition) is 1. The molecule has 4 rings (SSSR count). The van der Waals surface area contributed by atoms with E-state index in [9.17, 15) is 4.79 Å². The first-order valence-electron chi connectivity index (χ1n) is 7.18. The molecule has 1 aliphatic heterocycles. The predicted molar refractivity (Wildman–Crippen MR) is 97.1 cm³/mol. The van der Waals surface area contributed by atoms with Gasteiger partial charge in [-0.3, -0.25) is 9.79 Å². The van der Waals surface area contributed by atoms with Crippen LogP contribution in [0.1, 0.15) is 6.92 Å². The molecule has 0 saturated carbocycles. The maximum Gasteiger partial charge on any atom is 0.243 e. The number of anilines is 1. The Balaban J connectivity index is 1.67. The molecule has 1 amide bonds. The molecule has 0 bridgehead atoms. The van der Waals surface area contributed by atoms with Crippen LogP contribution in [0.3, 0.4) is 0 Å². The van der Waals surface area contributed by atoms with Gasteiger partial charge in [0, 0.05) is 5.71 Å². The summed E-state index contributed by atoms with van der Waals surface area (Å²) in [6.45, 7) is 1.90. The maximum absolute atomic E-state index is 12.6. The highest BCUT2D eigenvalue weighted by Crippen LogP contribution is 2.36. The molecule has 6 heteroatoms. The van der Waals surface area contributed by atoms with Gasteiger partial charge in [0.05, 0.1) is 21.6 Å². The molecule has 1 aliphatic rings. The second-order valence-corrected chi connectivity index (χ2v) is 7.59. The fraction of sp³-hybridized carbons (Fsp3) is 0.118. The fourth-order valence-corrected chi connectivity index (χ4v) is 4.64. The van der Waals surface area contributed by atoms with Crippen molar-refractivity contribution in [3.05, 3.63) is 48.5 Å². The van der Waals surface area contributed by atoms with E-state index >= 15 is 0 Å². The van der Waals surface area contributed by atoms with Gasteiger partial charge in [-0.1, -0.05) is 36.0 Å². The third-order valence-electron chi connectivity index (χ3n) is 3.57. The number of carbonyl (C=O) groups is 1. The molecule has 0 spiro atoms. The number of aliphatic imine (C=N–C) groups is 1. The third-order valence-corrected chi connectivity index (χ3v) is 6.02. The Hall–Kier alpha value is -2.18. The van der Waals surface area contributed by atoms with Crippen LogP contribution >= 0.6 is 23.1 Å². The third kappa shape index (κ3) is 2.75. The van der Waals surface area contributed by atoms with Crippen molar-refractivity contribution in [1.29, 1.82) is 0 Å². The minimum absolute atomic E-state index is 0.0551. The van der Waals surface area contributed by atoms with Gasteiger partial charge >= 0.3 is 0 Å². The molecule has 2 aromatic carbocycles. The molecule has 23 heavy (non-hydrogen) atoms. The van der Waals surface area contributed by atoms with E-state index in [4.69, 9.17) is 0 Å². The van der Waals surface area contributed by atoms with Gasteiger partial charge in [-0.25, -0.2) is 4.98 Å². The second-order valence-electron chi connectivity index (χ2n) is 5.20. The Morgan fingerprint density at radius 3 is 2.78 bits per heavy atom. The molecule has 2 heterocycles. The number of thioether (sulfide) groups is 1. The molecule has 4 nitrogen and oxygen atoms in total.